The van der Waals surface area contributed by atoms with E-state index in [1.165, 1.54) is 44.9 Å². The SMILES string of the molecule is CC(C)(C)OOC1CCCCCCCCCC(OOC(C)(C)C)C1. The third-order valence-electron chi connectivity index (χ3n) is 3.95. The molecule has 0 spiro atoms. The first-order chi connectivity index (χ1) is 11.2. The van der Waals surface area contributed by atoms with Gasteiger partial charge in [0.05, 0.1) is 23.4 Å². The highest BCUT2D eigenvalue weighted by Crippen LogP contribution is 2.24. The molecule has 0 aromatic carbocycles. The fraction of sp³-hybridized carbons (Fsp3) is 1.00. The molecule has 0 heterocycles. The Bertz CT molecular complexity index is 287. The van der Waals surface area contributed by atoms with Crippen LogP contribution in [0.4, 0.5) is 0 Å². The van der Waals surface area contributed by atoms with E-state index in [0.29, 0.717) is 0 Å². The maximum absolute atomic E-state index is 5.78. The summed E-state index contributed by atoms with van der Waals surface area (Å²) in [6.07, 6.45) is 11.9. The second-order valence-corrected chi connectivity index (χ2v) is 9.12. The molecule has 0 N–H and O–H groups in total. The summed E-state index contributed by atoms with van der Waals surface area (Å²) >= 11 is 0. The first-order valence-corrected chi connectivity index (χ1v) is 9.85. The summed E-state index contributed by atoms with van der Waals surface area (Å²) in [5.41, 5.74) is -0.579. The van der Waals surface area contributed by atoms with Crippen LogP contribution in [-0.2, 0) is 19.6 Å². The monoisotopic (exact) mass is 344 g/mol. The topological polar surface area (TPSA) is 36.9 Å². The second kappa shape index (κ2) is 10.7. The highest BCUT2D eigenvalue weighted by Gasteiger charge is 2.24. The van der Waals surface area contributed by atoms with Crippen molar-refractivity contribution in [1.29, 1.82) is 0 Å². The van der Waals surface area contributed by atoms with Crippen molar-refractivity contribution >= 4 is 0 Å². The Morgan fingerprint density at radius 1 is 0.542 bits per heavy atom. The van der Waals surface area contributed by atoms with E-state index in [0.717, 1.165) is 19.3 Å². The van der Waals surface area contributed by atoms with E-state index in [9.17, 15) is 0 Å². The first kappa shape index (κ1) is 21.9. The molecule has 4 nitrogen and oxygen atoms in total. The molecule has 0 bridgehead atoms. The number of hydrogen-bond acceptors (Lipinski definition) is 4. The predicted octanol–water partition coefficient (Wildman–Crippen LogP) is 6.13. The van der Waals surface area contributed by atoms with Crippen LogP contribution < -0.4 is 0 Å². The van der Waals surface area contributed by atoms with E-state index < -0.39 is 0 Å². The zero-order valence-electron chi connectivity index (χ0n) is 16.9. The van der Waals surface area contributed by atoms with Crippen LogP contribution in [0.25, 0.3) is 0 Å². The third-order valence-corrected chi connectivity index (χ3v) is 3.95. The lowest BCUT2D eigenvalue weighted by Crippen LogP contribution is -2.30. The van der Waals surface area contributed by atoms with Crippen LogP contribution in [0.5, 0.6) is 0 Å². The third kappa shape index (κ3) is 12.2. The lowest BCUT2D eigenvalue weighted by atomic mass is 9.98. The Morgan fingerprint density at radius 2 is 0.875 bits per heavy atom. The standard InChI is InChI=1S/C20H40O4/c1-19(2,3)23-21-17-14-12-10-8-7-9-11-13-15-18(16-17)22-24-20(4,5)6/h17-18H,7-16H2,1-6H3. The van der Waals surface area contributed by atoms with Gasteiger partial charge in [-0.3, -0.25) is 0 Å². The highest BCUT2D eigenvalue weighted by atomic mass is 17.2. The second-order valence-electron chi connectivity index (χ2n) is 9.12. The van der Waals surface area contributed by atoms with Crippen LogP contribution >= 0.6 is 0 Å². The molecule has 0 aliphatic heterocycles. The molecule has 1 aliphatic rings. The van der Waals surface area contributed by atoms with E-state index in [1.54, 1.807) is 0 Å². The largest absolute Gasteiger partial charge is 0.233 e. The van der Waals surface area contributed by atoms with E-state index in [4.69, 9.17) is 19.6 Å². The fourth-order valence-electron chi connectivity index (χ4n) is 2.76. The summed E-state index contributed by atoms with van der Waals surface area (Å²) in [5, 5.41) is 0. The van der Waals surface area contributed by atoms with E-state index in [-0.39, 0.29) is 23.4 Å². The normalized spacial score (nSPS) is 25.8. The molecule has 0 amide bonds. The molecule has 24 heavy (non-hydrogen) atoms. The molecule has 4 heteroatoms. The molecule has 2 unspecified atom stereocenters. The van der Waals surface area contributed by atoms with E-state index in [2.05, 4.69) is 0 Å². The van der Waals surface area contributed by atoms with Gasteiger partial charge in [-0.25, -0.2) is 19.6 Å². The fourth-order valence-corrected chi connectivity index (χ4v) is 2.76. The van der Waals surface area contributed by atoms with Gasteiger partial charge in [0.1, 0.15) is 0 Å². The Kier molecular flexibility index (Phi) is 9.80. The Hall–Kier alpha value is -0.160. The van der Waals surface area contributed by atoms with Gasteiger partial charge >= 0.3 is 0 Å². The molecular weight excluding hydrogens is 304 g/mol. The van der Waals surface area contributed by atoms with Crippen molar-refractivity contribution in [2.75, 3.05) is 0 Å². The van der Waals surface area contributed by atoms with Crippen molar-refractivity contribution in [2.45, 2.75) is 129 Å². The smallest absolute Gasteiger partial charge is 0.0956 e. The molecule has 0 aromatic heterocycles. The Labute approximate surface area is 149 Å². The van der Waals surface area contributed by atoms with Crippen LogP contribution in [0.3, 0.4) is 0 Å². The van der Waals surface area contributed by atoms with Gasteiger partial charge in [-0.2, -0.15) is 0 Å². The zero-order valence-corrected chi connectivity index (χ0v) is 16.9. The summed E-state index contributed by atoms with van der Waals surface area (Å²) in [6.45, 7) is 12.1. The van der Waals surface area contributed by atoms with Crippen LogP contribution in [0, 0.1) is 0 Å². The van der Waals surface area contributed by atoms with Crippen molar-refractivity contribution in [3.63, 3.8) is 0 Å². The maximum Gasteiger partial charge on any atom is 0.0956 e. The minimum absolute atomic E-state index is 0.0669. The lowest BCUT2D eigenvalue weighted by molar-refractivity contribution is -0.398. The molecule has 1 rings (SSSR count). The highest BCUT2D eigenvalue weighted by molar-refractivity contribution is 4.68. The minimum atomic E-state index is -0.290. The van der Waals surface area contributed by atoms with Gasteiger partial charge in [0, 0.05) is 6.42 Å². The summed E-state index contributed by atoms with van der Waals surface area (Å²) in [6, 6.07) is 0. The molecule has 0 saturated heterocycles. The molecule has 0 radical (unpaired) electrons. The van der Waals surface area contributed by atoms with Crippen molar-refractivity contribution in [1.82, 2.24) is 0 Å². The molecule has 1 fully saturated rings. The summed E-state index contributed by atoms with van der Waals surface area (Å²) in [5.74, 6) is 0. The van der Waals surface area contributed by atoms with Gasteiger partial charge < -0.3 is 0 Å². The average Bonchev–Trinajstić information content (AvgIpc) is 2.43. The Morgan fingerprint density at radius 3 is 1.21 bits per heavy atom. The minimum Gasteiger partial charge on any atom is -0.233 e. The number of hydrogen-bond donors (Lipinski definition) is 0. The van der Waals surface area contributed by atoms with Crippen molar-refractivity contribution < 1.29 is 19.6 Å². The van der Waals surface area contributed by atoms with E-state index >= 15 is 0 Å². The van der Waals surface area contributed by atoms with Crippen molar-refractivity contribution in [2.24, 2.45) is 0 Å². The van der Waals surface area contributed by atoms with Crippen LogP contribution in [0.1, 0.15) is 106 Å². The van der Waals surface area contributed by atoms with Gasteiger partial charge in [-0.05, 0) is 54.4 Å². The van der Waals surface area contributed by atoms with Gasteiger partial charge in [0.25, 0.3) is 0 Å². The van der Waals surface area contributed by atoms with Crippen LogP contribution in [0.15, 0.2) is 0 Å². The first-order valence-electron chi connectivity index (χ1n) is 9.85. The lowest BCUT2D eigenvalue weighted by Gasteiger charge is -2.28. The van der Waals surface area contributed by atoms with Gasteiger partial charge in [0.2, 0.25) is 0 Å². The van der Waals surface area contributed by atoms with Gasteiger partial charge in [0.15, 0.2) is 0 Å². The Balaban J connectivity index is 2.60. The maximum atomic E-state index is 5.78. The van der Waals surface area contributed by atoms with Gasteiger partial charge in [-0.15, -0.1) is 0 Å². The average molecular weight is 345 g/mol. The molecular formula is C20H40O4. The van der Waals surface area contributed by atoms with Gasteiger partial charge in [-0.1, -0.05) is 44.9 Å². The summed E-state index contributed by atoms with van der Waals surface area (Å²) < 4.78 is 0. The summed E-state index contributed by atoms with van der Waals surface area (Å²) in [7, 11) is 0. The molecule has 0 aromatic rings. The molecule has 1 aliphatic carbocycles. The quantitative estimate of drug-likeness (QED) is 0.454. The summed E-state index contributed by atoms with van der Waals surface area (Å²) in [4.78, 5) is 22.7. The zero-order chi connectivity index (χ0) is 18.1. The number of rotatable bonds is 4. The molecule has 144 valence electrons. The van der Waals surface area contributed by atoms with Crippen molar-refractivity contribution in [3.8, 4) is 0 Å². The van der Waals surface area contributed by atoms with Crippen LogP contribution in [0.2, 0.25) is 0 Å². The molecule has 1 saturated carbocycles. The van der Waals surface area contributed by atoms with E-state index in [1.807, 2.05) is 41.5 Å². The molecule has 2 atom stereocenters. The predicted molar refractivity (Wildman–Crippen MR) is 97.6 cm³/mol. The van der Waals surface area contributed by atoms with Crippen molar-refractivity contribution in [3.05, 3.63) is 0 Å². The van der Waals surface area contributed by atoms with Crippen LogP contribution in [-0.4, -0.2) is 23.4 Å².